The average Bonchev–Trinajstić information content (AvgIpc) is 2.16. The quantitative estimate of drug-likeness (QED) is 0.754. The second kappa shape index (κ2) is 4.82. The zero-order chi connectivity index (χ0) is 9.68. The minimum absolute atomic E-state index is 0.403. The first-order valence-corrected chi connectivity index (χ1v) is 4.50. The lowest BCUT2D eigenvalue weighted by molar-refractivity contribution is 0.993. The Bertz CT molecular complexity index is 281. The predicted molar refractivity (Wildman–Crippen MR) is 55.0 cm³/mol. The number of halogens is 1. The highest BCUT2D eigenvalue weighted by molar-refractivity contribution is 6.29. The summed E-state index contributed by atoms with van der Waals surface area (Å²) >= 11 is 5.58. The van der Waals surface area contributed by atoms with E-state index >= 15 is 0 Å². The van der Waals surface area contributed by atoms with Crippen LogP contribution in [0, 0.1) is 0 Å². The fourth-order valence-corrected chi connectivity index (χ4v) is 0.852. The predicted octanol–water partition coefficient (Wildman–Crippen LogP) is 2.51. The maximum atomic E-state index is 5.58. The second-order valence-corrected chi connectivity index (χ2v) is 3.09. The van der Waals surface area contributed by atoms with Gasteiger partial charge in [0.25, 0.3) is 0 Å². The molecule has 0 spiro atoms. The highest BCUT2D eigenvalue weighted by Crippen LogP contribution is 2.06. The second-order valence-electron chi connectivity index (χ2n) is 2.70. The van der Waals surface area contributed by atoms with Crippen LogP contribution in [0.15, 0.2) is 24.3 Å². The standard InChI is InChI=1S/C9H12ClN3/c1-3-7(2)6-11-9-5-4-8(10)12-13-9/h4-5H,2-3,6H2,1H3,(H,11,13). The monoisotopic (exact) mass is 197 g/mol. The van der Waals surface area contributed by atoms with Gasteiger partial charge in [-0.3, -0.25) is 0 Å². The third-order valence-electron chi connectivity index (χ3n) is 1.65. The summed E-state index contributed by atoms with van der Waals surface area (Å²) in [5.41, 5.74) is 1.14. The van der Waals surface area contributed by atoms with E-state index in [4.69, 9.17) is 11.6 Å². The molecule has 0 bridgehead atoms. The van der Waals surface area contributed by atoms with Crippen LogP contribution < -0.4 is 5.32 Å². The van der Waals surface area contributed by atoms with Gasteiger partial charge in [0.2, 0.25) is 0 Å². The zero-order valence-electron chi connectivity index (χ0n) is 7.55. The SMILES string of the molecule is C=C(CC)CNc1ccc(Cl)nn1. The molecule has 0 fully saturated rings. The van der Waals surface area contributed by atoms with Gasteiger partial charge < -0.3 is 5.32 Å². The molecule has 0 saturated carbocycles. The van der Waals surface area contributed by atoms with Crippen LogP contribution in [0.5, 0.6) is 0 Å². The molecule has 0 amide bonds. The largest absolute Gasteiger partial charge is 0.365 e. The number of rotatable bonds is 4. The zero-order valence-corrected chi connectivity index (χ0v) is 8.30. The molecule has 0 unspecified atom stereocenters. The van der Waals surface area contributed by atoms with Gasteiger partial charge in [-0.1, -0.05) is 30.7 Å². The van der Waals surface area contributed by atoms with E-state index in [1.165, 1.54) is 0 Å². The van der Waals surface area contributed by atoms with Crippen LogP contribution >= 0.6 is 11.6 Å². The number of nitrogens with one attached hydrogen (secondary N) is 1. The van der Waals surface area contributed by atoms with Gasteiger partial charge in [-0.15, -0.1) is 10.2 Å². The third-order valence-corrected chi connectivity index (χ3v) is 1.85. The highest BCUT2D eigenvalue weighted by Gasteiger charge is 1.95. The molecule has 1 N–H and O–H groups in total. The van der Waals surface area contributed by atoms with Crippen molar-refractivity contribution in [3.63, 3.8) is 0 Å². The average molecular weight is 198 g/mol. The molecule has 1 heterocycles. The van der Waals surface area contributed by atoms with Crippen molar-refractivity contribution in [2.24, 2.45) is 0 Å². The normalized spacial score (nSPS) is 9.69. The molecule has 1 rings (SSSR count). The minimum atomic E-state index is 0.403. The molecule has 0 aliphatic carbocycles. The van der Waals surface area contributed by atoms with Gasteiger partial charge >= 0.3 is 0 Å². The lowest BCUT2D eigenvalue weighted by atomic mass is 10.2. The van der Waals surface area contributed by atoms with E-state index in [2.05, 4.69) is 29.0 Å². The molecule has 0 aliphatic heterocycles. The van der Waals surface area contributed by atoms with E-state index in [9.17, 15) is 0 Å². The molecular formula is C9H12ClN3. The Kier molecular flexibility index (Phi) is 3.71. The highest BCUT2D eigenvalue weighted by atomic mass is 35.5. The first-order chi connectivity index (χ1) is 6.22. The Balaban J connectivity index is 2.46. The van der Waals surface area contributed by atoms with Crippen molar-refractivity contribution in [3.05, 3.63) is 29.4 Å². The summed E-state index contributed by atoms with van der Waals surface area (Å²) in [6, 6.07) is 3.49. The molecule has 1 aromatic rings. The Morgan fingerprint density at radius 3 is 2.85 bits per heavy atom. The van der Waals surface area contributed by atoms with Crippen LogP contribution in [-0.2, 0) is 0 Å². The summed E-state index contributed by atoms with van der Waals surface area (Å²) in [6.07, 6.45) is 0.966. The van der Waals surface area contributed by atoms with Gasteiger partial charge in [-0.05, 0) is 18.6 Å². The van der Waals surface area contributed by atoms with Gasteiger partial charge in [-0.25, -0.2) is 0 Å². The smallest absolute Gasteiger partial charge is 0.151 e. The summed E-state index contributed by atoms with van der Waals surface area (Å²) in [6.45, 7) is 6.67. The molecular weight excluding hydrogens is 186 g/mol. The number of anilines is 1. The van der Waals surface area contributed by atoms with Crippen LogP contribution in [0.1, 0.15) is 13.3 Å². The number of hydrogen-bond acceptors (Lipinski definition) is 3. The van der Waals surface area contributed by atoms with Crippen molar-refractivity contribution in [3.8, 4) is 0 Å². The molecule has 0 aromatic carbocycles. The molecule has 0 aliphatic rings. The maximum Gasteiger partial charge on any atom is 0.151 e. The van der Waals surface area contributed by atoms with Gasteiger partial charge in [0, 0.05) is 6.54 Å². The topological polar surface area (TPSA) is 37.8 Å². The van der Waals surface area contributed by atoms with E-state index < -0.39 is 0 Å². The fourth-order valence-electron chi connectivity index (χ4n) is 0.751. The summed E-state index contributed by atoms with van der Waals surface area (Å²) in [5.74, 6) is 0.721. The fraction of sp³-hybridized carbons (Fsp3) is 0.333. The van der Waals surface area contributed by atoms with Crippen molar-refractivity contribution in [2.75, 3.05) is 11.9 Å². The molecule has 0 atom stereocenters. The van der Waals surface area contributed by atoms with E-state index in [0.29, 0.717) is 5.15 Å². The van der Waals surface area contributed by atoms with Crippen LogP contribution in [-0.4, -0.2) is 16.7 Å². The Morgan fingerprint density at radius 2 is 2.31 bits per heavy atom. The summed E-state index contributed by atoms with van der Waals surface area (Å²) < 4.78 is 0. The summed E-state index contributed by atoms with van der Waals surface area (Å²) in [4.78, 5) is 0. The van der Waals surface area contributed by atoms with E-state index in [-0.39, 0.29) is 0 Å². The number of nitrogens with zero attached hydrogens (tertiary/aromatic N) is 2. The molecule has 13 heavy (non-hydrogen) atoms. The Hall–Kier alpha value is -1.09. The third kappa shape index (κ3) is 3.42. The van der Waals surface area contributed by atoms with Gasteiger partial charge in [-0.2, -0.15) is 0 Å². The Morgan fingerprint density at radius 1 is 1.54 bits per heavy atom. The van der Waals surface area contributed by atoms with Crippen molar-refractivity contribution in [2.45, 2.75) is 13.3 Å². The minimum Gasteiger partial charge on any atom is -0.365 e. The molecule has 3 nitrogen and oxygen atoms in total. The Labute approximate surface area is 82.8 Å². The lowest BCUT2D eigenvalue weighted by Gasteiger charge is -2.04. The van der Waals surface area contributed by atoms with Crippen LogP contribution in [0.2, 0.25) is 5.15 Å². The molecule has 0 saturated heterocycles. The van der Waals surface area contributed by atoms with Gasteiger partial charge in [0.05, 0.1) is 0 Å². The maximum absolute atomic E-state index is 5.58. The first kappa shape index (κ1) is 9.99. The van der Waals surface area contributed by atoms with E-state index in [0.717, 1.165) is 24.4 Å². The summed E-state index contributed by atoms with van der Waals surface area (Å²) in [7, 11) is 0. The van der Waals surface area contributed by atoms with Crippen LogP contribution in [0.25, 0.3) is 0 Å². The molecule has 0 radical (unpaired) electrons. The van der Waals surface area contributed by atoms with Gasteiger partial charge in [0.1, 0.15) is 5.82 Å². The van der Waals surface area contributed by atoms with Crippen molar-refractivity contribution >= 4 is 17.4 Å². The van der Waals surface area contributed by atoms with E-state index in [1.807, 2.05) is 0 Å². The van der Waals surface area contributed by atoms with Crippen molar-refractivity contribution in [1.82, 2.24) is 10.2 Å². The summed E-state index contributed by atoms with van der Waals surface area (Å²) in [5, 5.41) is 11.0. The van der Waals surface area contributed by atoms with Crippen molar-refractivity contribution in [1.29, 1.82) is 0 Å². The number of aromatic nitrogens is 2. The number of hydrogen-bond donors (Lipinski definition) is 1. The molecule has 1 aromatic heterocycles. The molecule has 4 heteroatoms. The van der Waals surface area contributed by atoms with Crippen LogP contribution in [0.4, 0.5) is 5.82 Å². The van der Waals surface area contributed by atoms with Gasteiger partial charge in [0.15, 0.2) is 5.15 Å². The lowest BCUT2D eigenvalue weighted by Crippen LogP contribution is -2.05. The van der Waals surface area contributed by atoms with Crippen molar-refractivity contribution < 1.29 is 0 Å². The van der Waals surface area contributed by atoms with Crippen LogP contribution in [0.3, 0.4) is 0 Å². The molecule has 70 valence electrons. The first-order valence-electron chi connectivity index (χ1n) is 4.12. The van der Waals surface area contributed by atoms with E-state index in [1.54, 1.807) is 12.1 Å².